The monoisotopic (exact) mass is 467 g/mol. The van der Waals surface area contributed by atoms with Crippen molar-refractivity contribution in [3.8, 4) is 0 Å². The van der Waals surface area contributed by atoms with E-state index in [4.69, 9.17) is 11.6 Å². The van der Waals surface area contributed by atoms with Gasteiger partial charge >= 0.3 is 6.03 Å². The van der Waals surface area contributed by atoms with Crippen LogP contribution in [0, 0.1) is 6.92 Å². The van der Waals surface area contributed by atoms with Crippen molar-refractivity contribution in [2.75, 3.05) is 11.9 Å². The SMILES string of the molecule is Cc1ccc(S(=O)(=O)n2ccc3ccc(CCNC(=O)Nc4cccc(Cl)c4)cc32)cc1. The predicted molar refractivity (Wildman–Crippen MR) is 128 cm³/mol. The minimum atomic E-state index is -3.70. The van der Waals surface area contributed by atoms with E-state index in [1.807, 2.05) is 25.1 Å². The van der Waals surface area contributed by atoms with Gasteiger partial charge in [-0.05, 0) is 61.4 Å². The Morgan fingerprint density at radius 2 is 1.78 bits per heavy atom. The van der Waals surface area contributed by atoms with Gasteiger partial charge in [0.05, 0.1) is 10.4 Å². The van der Waals surface area contributed by atoms with E-state index < -0.39 is 10.0 Å². The summed E-state index contributed by atoms with van der Waals surface area (Å²) in [5, 5.41) is 6.90. The first-order valence-corrected chi connectivity index (χ1v) is 11.9. The standard InChI is InChI=1S/C24H22ClN3O3S/c1-17-5-9-22(10-6-17)32(30,31)28-14-12-19-8-7-18(15-23(19)28)11-13-26-24(29)27-21-4-2-3-20(25)16-21/h2-10,12,14-16H,11,13H2,1H3,(H2,26,27,29). The Hall–Kier alpha value is -3.29. The Balaban J connectivity index is 1.47. The molecule has 0 bridgehead atoms. The zero-order chi connectivity index (χ0) is 22.7. The summed E-state index contributed by atoms with van der Waals surface area (Å²) in [7, 11) is -3.70. The average Bonchev–Trinajstić information content (AvgIpc) is 3.18. The summed E-state index contributed by atoms with van der Waals surface area (Å²) in [4.78, 5) is 12.3. The van der Waals surface area contributed by atoms with E-state index in [0.717, 1.165) is 16.5 Å². The molecule has 2 amide bonds. The molecule has 0 aliphatic rings. The second-order valence-corrected chi connectivity index (χ2v) is 9.72. The summed E-state index contributed by atoms with van der Waals surface area (Å²) in [5.41, 5.74) is 3.12. The number of urea groups is 1. The first kappa shape index (κ1) is 21.9. The number of carbonyl (C=O) groups excluding carboxylic acids is 1. The normalized spacial score (nSPS) is 11.4. The Bertz CT molecular complexity index is 1380. The molecule has 0 atom stereocenters. The number of aryl methyl sites for hydroxylation is 1. The van der Waals surface area contributed by atoms with Crippen molar-refractivity contribution in [1.29, 1.82) is 0 Å². The molecule has 4 rings (SSSR count). The summed E-state index contributed by atoms with van der Waals surface area (Å²) in [5.74, 6) is 0. The summed E-state index contributed by atoms with van der Waals surface area (Å²) < 4.78 is 27.5. The van der Waals surface area contributed by atoms with Gasteiger partial charge in [0.2, 0.25) is 0 Å². The highest BCUT2D eigenvalue weighted by Gasteiger charge is 2.18. The second-order valence-electron chi connectivity index (χ2n) is 7.46. The van der Waals surface area contributed by atoms with Crippen LogP contribution in [0.5, 0.6) is 0 Å². The molecule has 3 aromatic carbocycles. The molecule has 0 saturated heterocycles. The third-order valence-electron chi connectivity index (χ3n) is 5.08. The van der Waals surface area contributed by atoms with Crippen molar-refractivity contribution in [2.45, 2.75) is 18.2 Å². The molecule has 2 N–H and O–H groups in total. The molecule has 1 aromatic heterocycles. The van der Waals surface area contributed by atoms with Gasteiger partial charge in [-0.3, -0.25) is 0 Å². The Morgan fingerprint density at radius 3 is 2.53 bits per heavy atom. The zero-order valence-corrected chi connectivity index (χ0v) is 19.0. The average molecular weight is 468 g/mol. The first-order valence-electron chi connectivity index (χ1n) is 10.1. The molecule has 0 radical (unpaired) electrons. The number of carbonyl (C=O) groups is 1. The molecule has 0 aliphatic heterocycles. The fraction of sp³-hybridized carbons (Fsp3) is 0.125. The molecule has 0 fully saturated rings. The first-order chi connectivity index (χ1) is 15.3. The highest BCUT2D eigenvalue weighted by molar-refractivity contribution is 7.90. The van der Waals surface area contributed by atoms with E-state index in [1.54, 1.807) is 60.8 Å². The number of halogens is 1. The van der Waals surface area contributed by atoms with Crippen LogP contribution >= 0.6 is 11.6 Å². The number of nitrogens with zero attached hydrogens (tertiary/aromatic N) is 1. The smallest absolute Gasteiger partial charge is 0.319 e. The largest absolute Gasteiger partial charge is 0.338 e. The zero-order valence-electron chi connectivity index (χ0n) is 17.4. The number of benzene rings is 3. The van der Waals surface area contributed by atoms with Crippen molar-refractivity contribution in [3.63, 3.8) is 0 Å². The van der Waals surface area contributed by atoms with Crippen LogP contribution in [-0.2, 0) is 16.4 Å². The molecule has 164 valence electrons. The molecule has 0 unspecified atom stereocenters. The fourth-order valence-corrected chi connectivity index (χ4v) is 4.94. The lowest BCUT2D eigenvalue weighted by Crippen LogP contribution is -2.30. The molecule has 0 saturated carbocycles. The van der Waals surface area contributed by atoms with Crippen molar-refractivity contribution in [2.24, 2.45) is 0 Å². The van der Waals surface area contributed by atoms with Gasteiger partial charge < -0.3 is 10.6 Å². The summed E-state index contributed by atoms with van der Waals surface area (Å²) in [6.07, 6.45) is 2.12. The van der Waals surface area contributed by atoms with Crippen LogP contribution in [0.1, 0.15) is 11.1 Å². The Labute approximate surface area is 191 Å². The van der Waals surface area contributed by atoms with Gasteiger partial charge in [0.1, 0.15) is 0 Å². The van der Waals surface area contributed by atoms with Crippen LogP contribution in [0.25, 0.3) is 10.9 Å². The molecule has 8 heteroatoms. The van der Waals surface area contributed by atoms with Crippen LogP contribution in [0.15, 0.2) is 83.9 Å². The number of aromatic nitrogens is 1. The van der Waals surface area contributed by atoms with Crippen molar-refractivity contribution in [3.05, 3.63) is 95.1 Å². The van der Waals surface area contributed by atoms with Gasteiger partial charge in [-0.2, -0.15) is 0 Å². The molecule has 6 nitrogen and oxygen atoms in total. The lowest BCUT2D eigenvalue weighted by Gasteiger charge is -2.10. The van der Waals surface area contributed by atoms with E-state index in [2.05, 4.69) is 10.6 Å². The fourth-order valence-electron chi connectivity index (χ4n) is 3.40. The summed E-state index contributed by atoms with van der Waals surface area (Å²) in [6, 6.07) is 20.8. The summed E-state index contributed by atoms with van der Waals surface area (Å²) in [6.45, 7) is 2.31. The van der Waals surface area contributed by atoms with Gasteiger partial charge in [-0.25, -0.2) is 17.2 Å². The number of rotatable bonds is 6. The highest BCUT2D eigenvalue weighted by atomic mass is 35.5. The second kappa shape index (κ2) is 9.06. The lowest BCUT2D eigenvalue weighted by molar-refractivity contribution is 0.252. The Morgan fingerprint density at radius 1 is 1.00 bits per heavy atom. The van der Waals surface area contributed by atoms with E-state index in [0.29, 0.717) is 29.2 Å². The molecule has 4 aromatic rings. The number of anilines is 1. The number of hydrogen-bond donors (Lipinski definition) is 2. The quantitative estimate of drug-likeness (QED) is 0.408. The van der Waals surface area contributed by atoms with Gasteiger partial charge in [0.15, 0.2) is 0 Å². The molecular weight excluding hydrogens is 446 g/mol. The van der Waals surface area contributed by atoms with Gasteiger partial charge in [-0.15, -0.1) is 0 Å². The van der Waals surface area contributed by atoms with Gasteiger partial charge in [0, 0.05) is 28.8 Å². The van der Waals surface area contributed by atoms with Crippen LogP contribution in [-0.4, -0.2) is 25.0 Å². The maximum atomic E-state index is 13.1. The van der Waals surface area contributed by atoms with Crippen molar-refractivity contribution < 1.29 is 13.2 Å². The topological polar surface area (TPSA) is 80.2 Å². The van der Waals surface area contributed by atoms with Crippen molar-refractivity contribution in [1.82, 2.24) is 9.29 Å². The summed E-state index contributed by atoms with van der Waals surface area (Å²) >= 11 is 5.93. The van der Waals surface area contributed by atoms with E-state index in [-0.39, 0.29) is 10.9 Å². The number of amides is 2. The van der Waals surface area contributed by atoms with Crippen LogP contribution in [0.3, 0.4) is 0 Å². The molecule has 0 spiro atoms. The van der Waals surface area contributed by atoms with Crippen molar-refractivity contribution >= 4 is 44.2 Å². The highest BCUT2D eigenvalue weighted by Crippen LogP contribution is 2.24. The molecule has 0 aliphatic carbocycles. The lowest BCUT2D eigenvalue weighted by atomic mass is 10.1. The number of fused-ring (bicyclic) bond motifs is 1. The molecule has 1 heterocycles. The minimum absolute atomic E-state index is 0.241. The molecular formula is C24H22ClN3O3S. The minimum Gasteiger partial charge on any atom is -0.338 e. The van der Waals surface area contributed by atoms with Crippen LogP contribution in [0.2, 0.25) is 5.02 Å². The van der Waals surface area contributed by atoms with Crippen LogP contribution in [0.4, 0.5) is 10.5 Å². The predicted octanol–water partition coefficient (Wildman–Crippen LogP) is 5.20. The van der Waals surface area contributed by atoms with Gasteiger partial charge in [-0.1, -0.05) is 47.5 Å². The third-order valence-corrected chi connectivity index (χ3v) is 7.02. The maximum absolute atomic E-state index is 13.1. The Kier molecular flexibility index (Phi) is 6.21. The number of hydrogen-bond acceptors (Lipinski definition) is 3. The number of nitrogens with one attached hydrogen (secondary N) is 2. The van der Waals surface area contributed by atoms with Crippen LogP contribution < -0.4 is 10.6 Å². The van der Waals surface area contributed by atoms with Gasteiger partial charge in [0.25, 0.3) is 10.0 Å². The van der Waals surface area contributed by atoms with E-state index >= 15 is 0 Å². The third kappa shape index (κ3) is 4.79. The maximum Gasteiger partial charge on any atom is 0.319 e. The molecule has 32 heavy (non-hydrogen) atoms. The van der Waals surface area contributed by atoms with E-state index in [1.165, 1.54) is 3.97 Å². The van der Waals surface area contributed by atoms with E-state index in [9.17, 15) is 13.2 Å².